The highest BCUT2D eigenvalue weighted by molar-refractivity contribution is 7.26. The summed E-state index contributed by atoms with van der Waals surface area (Å²) in [5.41, 5.74) is 9.58. The van der Waals surface area contributed by atoms with E-state index in [1.165, 1.54) is 25.7 Å². The number of furan rings is 1. The number of anilines is 3. The van der Waals surface area contributed by atoms with Gasteiger partial charge in [-0.2, -0.15) is 0 Å². The maximum Gasteiger partial charge on any atom is 0.164 e. The van der Waals surface area contributed by atoms with E-state index in [0.29, 0.717) is 17.5 Å². The minimum atomic E-state index is 0.569. The summed E-state index contributed by atoms with van der Waals surface area (Å²) >= 11 is 1.82. The van der Waals surface area contributed by atoms with E-state index >= 15 is 0 Å². The van der Waals surface area contributed by atoms with Crippen LogP contribution in [0.2, 0.25) is 0 Å². The molecule has 0 fully saturated rings. The molecule has 0 aliphatic rings. The molecule has 0 saturated heterocycles. The minimum absolute atomic E-state index is 0.569. The van der Waals surface area contributed by atoms with E-state index in [1.54, 1.807) is 0 Å². The van der Waals surface area contributed by atoms with Gasteiger partial charge in [-0.05, 0) is 53.6 Å². The van der Waals surface area contributed by atoms with Crippen LogP contribution in [0.3, 0.4) is 0 Å². The van der Waals surface area contributed by atoms with Gasteiger partial charge in [0.1, 0.15) is 11.2 Å². The van der Waals surface area contributed by atoms with Crippen LogP contribution in [0, 0.1) is 0 Å². The highest BCUT2D eigenvalue weighted by Gasteiger charge is 2.24. The van der Waals surface area contributed by atoms with Crippen LogP contribution >= 0.6 is 11.3 Å². The van der Waals surface area contributed by atoms with E-state index in [1.807, 2.05) is 84.1 Å². The van der Waals surface area contributed by atoms with Crippen LogP contribution in [0.5, 0.6) is 0 Å². The Morgan fingerprint density at radius 3 is 1.65 bits per heavy atom. The van der Waals surface area contributed by atoms with Crippen LogP contribution < -0.4 is 4.90 Å². The molecule has 0 saturated carbocycles. The quantitative estimate of drug-likeness (QED) is 0.162. The Hall–Kier alpha value is -7.41. The third-order valence-corrected chi connectivity index (χ3v) is 11.7. The number of hydrogen-bond acceptors (Lipinski definition) is 6. The van der Waals surface area contributed by atoms with Crippen LogP contribution in [-0.2, 0) is 0 Å². The second-order valence-corrected chi connectivity index (χ2v) is 15.1. The smallest absolute Gasteiger partial charge is 0.164 e. The molecule has 0 radical (unpaired) electrons. The molecule has 8 aromatic carbocycles. The standard InChI is InChI=1S/C51H32N4OS/c1-4-15-33(16-5-1)34-27-29-37(30-28-34)55(42-23-14-26-46-48(42)40-22-11-13-25-45(40)57-46)38-31-41(47-39-21-10-12-24-43(39)56-44(47)32-38)51-53-49(35-17-6-2-7-18-35)52-50(54-51)36-19-8-3-9-20-36/h1-32H. The fourth-order valence-corrected chi connectivity index (χ4v) is 9.00. The summed E-state index contributed by atoms with van der Waals surface area (Å²) in [4.78, 5) is 17.8. The largest absolute Gasteiger partial charge is 0.456 e. The van der Waals surface area contributed by atoms with Gasteiger partial charge in [0.15, 0.2) is 17.5 Å². The maximum atomic E-state index is 6.73. The van der Waals surface area contributed by atoms with Crippen molar-refractivity contribution < 1.29 is 4.42 Å². The molecule has 5 nitrogen and oxygen atoms in total. The molecule has 6 heteroatoms. The van der Waals surface area contributed by atoms with Gasteiger partial charge in [0.25, 0.3) is 0 Å². The van der Waals surface area contributed by atoms with Gasteiger partial charge < -0.3 is 9.32 Å². The van der Waals surface area contributed by atoms with E-state index < -0.39 is 0 Å². The summed E-state index contributed by atoms with van der Waals surface area (Å²) in [6.45, 7) is 0. The van der Waals surface area contributed by atoms with Crippen molar-refractivity contribution in [1.29, 1.82) is 0 Å². The van der Waals surface area contributed by atoms with Crippen molar-refractivity contribution in [3.63, 3.8) is 0 Å². The molecular formula is C51H32N4OS. The topological polar surface area (TPSA) is 55.1 Å². The van der Waals surface area contributed by atoms with Crippen molar-refractivity contribution in [2.45, 2.75) is 0 Å². The van der Waals surface area contributed by atoms with Gasteiger partial charge in [0, 0.05) is 59.4 Å². The van der Waals surface area contributed by atoms with E-state index in [0.717, 1.165) is 61.3 Å². The van der Waals surface area contributed by atoms with Crippen LogP contribution in [0.25, 0.3) is 87.4 Å². The van der Waals surface area contributed by atoms with Gasteiger partial charge >= 0.3 is 0 Å². The number of para-hydroxylation sites is 1. The van der Waals surface area contributed by atoms with Crippen LogP contribution in [-0.4, -0.2) is 15.0 Å². The Morgan fingerprint density at radius 2 is 0.947 bits per heavy atom. The molecule has 0 aliphatic carbocycles. The number of hydrogen-bond donors (Lipinski definition) is 0. The van der Waals surface area contributed by atoms with Gasteiger partial charge in [-0.15, -0.1) is 11.3 Å². The first-order valence-electron chi connectivity index (χ1n) is 18.9. The zero-order valence-corrected chi connectivity index (χ0v) is 31.4. The molecule has 3 aromatic heterocycles. The van der Waals surface area contributed by atoms with Crippen LogP contribution in [0.4, 0.5) is 17.1 Å². The molecule has 0 atom stereocenters. The third-order valence-electron chi connectivity index (χ3n) is 10.5. The van der Waals surface area contributed by atoms with E-state index in [9.17, 15) is 0 Å². The predicted octanol–water partition coefficient (Wildman–Crippen LogP) is 14.3. The molecule has 0 unspecified atom stereocenters. The molecule has 57 heavy (non-hydrogen) atoms. The number of fused-ring (bicyclic) bond motifs is 6. The van der Waals surface area contributed by atoms with Gasteiger partial charge in [0.05, 0.1) is 11.4 Å². The summed E-state index contributed by atoms with van der Waals surface area (Å²) < 4.78 is 9.20. The second-order valence-electron chi connectivity index (χ2n) is 14.0. The fraction of sp³-hybridized carbons (Fsp3) is 0. The van der Waals surface area contributed by atoms with Gasteiger partial charge in [-0.3, -0.25) is 0 Å². The van der Waals surface area contributed by atoms with Gasteiger partial charge in [0.2, 0.25) is 0 Å². The Bertz CT molecular complexity index is 3170. The van der Waals surface area contributed by atoms with Crippen molar-refractivity contribution in [3.8, 4) is 45.3 Å². The van der Waals surface area contributed by atoms with Crippen LogP contribution in [0.15, 0.2) is 199 Å². The predicted molar refractivity (Wildman–Crippen MR) is 236 cm³/mol. The lowest BCUT2D eigenvalue weighted by Crippen LogP contribution is -2.11. The summed E-state index contributed by atoms with van der Waals surface area (Å²) in [5, 5.41) is 4.38. The maximum absolute atomic E-state index is 6.73. The minimum Gasteiger partial charge on any atom is -0.456 e. The summed E-state index contributed by atoms with van der Waals surface area (Å²) in [6.07, 6.45) is 0. The third kappa shape index (κ3) is 5.82. The van der Waals surface area contributed by atoms with E-state index in [-0.39, 0.29) is 0 Å². The Labute approximate surface area is 332 Å². The fourth-order valence-electron chi connectivity index (χ4n) is 7.88. The molecule has 0 amide bonds. The molecule has 3 heterocycles. The van der Waals surface area contributed by atoms with Crippen molar-refractivity contribution >= 4 is 70.5 Å². The SMILES string of the molecule is c1ccc(-c2ccc(N(c3cc(-c4nc(-c5ccccc5)nc(-c5ccccc5)n4)c4c(c3)oc3ccccc34)c3cccc4sc5ccccc5c34)cc2)cc1. The van der Waals surface area contributed by atoms with Gasteiger partial charge in [-0.1, -0.05) is 146 Å². The highest BCUT2D eigenvalue weighted by Crippen LogP contribution is 2.48. The van der Waals surface area contributed by atoms with Gasteiger partial charge in [-0.25, -0.2) is 15.0 Å². The monoisotopic (exact) mass is 748 g/mol. The first-order chi connectivity index (χ1) is 28.2. The molecular weight excluding hydrogens is 717 g/mol. The zero-order chi connectivity index (χ0) is 37.7. The number of nitrogens with zero attached hydrogens (tertiary/aromatic N) is 4. The summed E-state index contributed by atoms with van der Waals surface area (Å²) in [6, 6.07) is 67.4. The normalized spacial score (nSPS) is 11.5. The number of aromatic nitrogens is 3. The van der Waals surface area contributed by atoms with E-state index in [4.69, 9.17) is 19.4 Å². The van der Waals surface area contributed by atoms with Crippen molar-refractivity contribution in [3.05, 3.63) is 194 Å². The van der Waals surface area contributed by atoms with Crippen molar-refractivity contribution in [1.82, 2.24) is 15.0 Å². The zero-order valence-electron chi connectivity index (χ0n) is 30.6. The average Bonchev–Trinajstić information content (AvgIpc) is 3.86. The lowest BCUT2D eigenvalue weighted by atomic mass is 10.0. The number of rotatable bonds is 7. The molecule has 268 valence electrons. The molecule has 11 rings (SSSR count). The number of thiophene rings is 1. The Balaban J connectivity index is 1.21. The van der Waals surface area contributed by atoms with E-state index in [2.05, 4.69) is 126 Å². The Kier molecular flexibility index (Phi) is 7.93. The lowest BCUT2D eigenvalue weighted by molar-refractivity contribution is 0.669. The average molecular weight is 749 g/mol. The highest BCUT2D eigenvalue weighted by atomic mass is 32.1. The summed E-state index contributed by atoms with van der Waals surface area (Å²) in [7, 11) is 0. The Morgan fingerprint density at radius 1 is 0.386 bits per heavy atom. The molecule has 11 aromatic rings. The van der Waals surface area contributed by atoms with Crippen molar-refractivity contribution in [2.75, 3.05) is 4.90 Å². The van der Waals surface area contributed by atoms with Crippen LogP contribution in [0.1, 0.15) is 0 Å². The van der Waals surface area contributed by atoms with Crippen molar-refractivity contribution in [2.24, 2.45) is 0 Å². The number of benzene rings is 8. The first-order valence-corrected chi connectivity index (χ1v) is 19.8. The lowest BCUT2D eigenvalue weighted by Gasteiger charge is -2.27. The molecule has 0 N–H and O–H groups in total. The molecule has 0 spiro atoms. The molecule has 0 aliphatic heterocycles. The summed E-state index contributed by atoms with van der Waals surface area (Å²) in [5.74, 6) is 1.78. The molecule has 0 bridgehead atoms. The first kappa shape index (κ1) is 33.0. The second kappa shape index (κ2) is 13.7.